The quantitative estimate of drug-likeness (QED) is 0.328. The molecule has 0 amide bonds. The van der Waals surface area contributed by atoms with Gasteiger partial charge in [-0.15, -0.1) is 0 Å². The second-order valence-electron chi connectivity index (χ2n) is 8.67. The van der Waals surface area contributed by atoms with Crippen molar-refractivity contribution in [3.8, 4) is 39.4 Å². The van der Waals surface area contributed by atoms with Gasteiger partial charge < -0.3 is 4.74 Å². The third-order valence-corrected chi connectivity index (χ3v) is 5.59. The fourth-order valence-electron chi connectivity index (χ4n) is 3.64. The number of methoxy groups -OCH3 is 1. The first-order chi connectivity index (χ1) is 14.8. The van der Waals surface area contributed by atoms with E-state index in [0.717, 1.165) is 39.4 Å². The number of rotatable bonds is 4. The highest BCUT2D eigenvalue weighted by Gasteiger charge is 2.17. The van der Waals surface area contributed by atoms with E-state index in [4.69, 9.17) is 21.3 Å². The van der Waals surface area contributed by atoms with Crippen LogP contribution in [0, 0.1) is 0 Å². The molecule has 0 unspecified atom stereocenters. The first-order valence-corrected chi connectivity index (χ1v) is 10.8. The minimum absolute atomic E-state index is 0.0117. The highest BCUT2D eigenvalue weighted by atomic mass is 35.5. The van der Waals surface area contributed by atoms with E-state index >= 15 is 0 Å². The summed E-state index contributed by atoms with van der Waals surface area (Å²) in [5.74, 6) is 0.799. The van der Waals surface area contributed by atoms with Crippen LogP contribution in [0.25, 0.3) is 33.6 Å². The van der Waals surface area contributed by atoms with Crippen LogP contribution in [-0.4, -0.2) is 12.1 Å². The van der Waals surface area contributed by atoms with E-state index in [2.05, 4.69) is 63.2 Å². The minimum Gasteiger partial charge on any atom is -0.496 e. The molecule has 0 aliphatic carbocycles. The second kappa shape index (κ2) is 8.56. The van der Waals surface area contributed by atoms with Gasteiger partial charge in [-0.2, -0.15) is 0 Å². The Morgan fingerprint density at radius 2 is 1.39 bits per heavy atom. The predicted octanol–water partition coefficient (Wildman–Crippen LogP) is 8.04. The lowest BCUT2D eigenvalue weighted by Gasteiger charge is -2.20. The molecule has 0 saturated heterocycles. The Kier molecular flexibility index (Phi) is 5.84. The molecule has 2 nitrogen and oxygen atoms in total. The fourth-order valence-corrected chi connectivity index (χ4v) is 3.88. The van der Waals surface area contributed by atoms with Gasteiger partial charge in [-0.3, -0.25) is 0 Å². The van der Waals surface area contributed by atoms with Crippen molar-refractivity contribution in [2.24, 2.45) is 0 Å². The van der Waals surface area contributed by atoms with Gasteiger partial charge in [0.05, 0.1) is 18.5 Å². The largest absolute Gasteiger partial charge is 0.496 e. The van der Waals surface area contributed by atoms with Crippen LogP contribution >= 0.6 is 11.6 Å². The van der Waals surface area contributed by atoms with Crippen molar-refractivity contribution in [3.63, 3.8) is 0 Å². The summed E-state index contributed by atoms with van der Waals surface area (Å²) >= 11 is 6.52. The summed E-state index contributed by atoms with van der Waals surface area (Å²) in [7, 11) is 1.69. The van der Waals surface area contributed by atoms with Gasteiger partial charge in [0.2, 0.25) is 0 Å². The molecule has 0 N–H and O–H groups in total. The number of aromatic nitrogens is 1. The molecule has 156 valence electrons. The number of halogens is 1. The zero-order valence-corrected chi connectivity index (χ0v) is 19.1. The second-order valence-corrected chi connectivity index (χ2v) is 9.11. The maximum Gasteiger partial charge on any atom is 0.128 e. The third kappa shape index (κ3) is 4.65. The highest BCUT2D eigenvalue weighted by Crippen LogP contribution is 2.36. The molecule has 31 heavy (non-hydrogen) atoms. The lowest BCUT2D eigenvalue weighted by Crippen LogP contribution is -2.11. The fraction of sp³-hybridized carbons (Fsp3) is 0.179. The first kappa shape index (κ1) is 21.1. The van der Waals surface area contributed by atoms with Gasteiger partial charge in [-0.25, -0.2) is 4.98 Å². The van der Waals surface area contributed by atoms with Gasteiger partial charge >= 0.3 is 0 Å². The Morgan fingerprint density at radius 1 is 0.710 bits per heavy atom. The van der Waals surface area contributed by atoms with Crippen LogP contribution in [0.2, 0.25) is 5.02 Å². The van der Waals surface area contributed by atoms with Crippen molar-refractivity contribution in [2.75, 3.05) is 7.11 Å². The van der Waals surface area contributed by atoms with Crippen molar-refractivity contribution in [1.29, 1.82) is 0 Å². The molecular weight excluding hydrogens is 402 g/mol. The molecule has 1 heterocycles. The van der Waals surface area contributed by atoms with E-state index in [1.54, 1.807) is 7.11 Å². The van der Waals surface area contributed by atoms with Crippen molar-refractivity contribution in [1.82, 2.24) is 4.98 Å². The third-order valence-electron chi connectivity index (χ3n) is 5.37. The number of benzene rings is 3. The molecule has 0 spiro atoms. The van der Waals surface area contributed by atoms with Crippen LogP contribution < -0.4 is 4.74 Å². The highest BCUT2D eigenvalue weighted by molar-refractivity contribution is 6.31. The van der Waals surface area contributed by atoms with Gasteiger partial charge in [0.25, 0.3) is 0 Å². The molecular formula is C28H26ClNO. The summed E-state index contributed by atoms with van der Waals surface area (Å²) in [6, 6.07) is 28.8. The predicted molar refractivity (Wildman–Crippen MR) is 131 cm³/mol. The average Bonchev–Trinajstić information content (AvgIpc) is 2.78. The molecule has 0 atom stereocenters. The van der Waals surface area contributed by atoms with E-state index < -0.39 is 0 Å². The number of pyridine rings is 1. The number of hydrogen-bond acceptors (Lipinski definition) is 2. The Bertz CT molecular complexity index is 1210. The molecule has 4 rings (SSSR count). The Morgan fingerprint density at radius 3 is 2.10 bits per heavy atom. The molecule has 0 radical (unpaired) electrons. The van der Waals surface area contributed by atoms with Crippen molar-refractivity contribution in [3.05, 3.63) is 95.5 Å². The van der Waals surface area contributed by atoms with E-state index in [-0.39, 0.29) is 5.41 Å². The lowest BCUT2D eigenvalue weighted by atomic mass is 9.85. The van der Waals surface area contributed by atoms with E-state index in [1.165, 1.54) is 5.56 Å². The van der Waals surface area contributed by atoms with Crippen molar-refractivity contribution in [2.45, 2.75) is 26.2 Å². The van der Waals surface area contributed by atoms with Crippen LogP contribution in [0.4, 0.5) is 0 Å². The zero-order valence-electron chi connectivity index (χ0n) is 18.3. The van der Waals surface area contributed by atoms with E-state index in [0.29, 0.717) is 5.02 Å². The van der Waals surface area contributed by atoms with Crippen LogP contribution in [-0.2, 0) is 5.41 Å². The topological polar surface area (TPSA) is 22.1 Å². The summed E-state index contributed by atoms with van der Waals surface area (Å²) in [5.41, 5.74) is 7.13. The normalized spacial score (nSPS) is 11.4. The molecule has 0 saturated carbocycles. The summed E-state index contributed by atoms with van der Waals surface area (Å²) in [6.07, 6.45) is 0. The molecule has 3 aromatic carbocycles. The maximum atomic E-state index is 6.52. The molecule has 0 fully saturated rings. The van der Waals surface area contributed by atoms with E-state index in [1.807, 2.05) is 42.5 Å². The summed E-state index contributed by atoms with van der Waals surface area (Å²) in [4.78, 5) is 5.03. The van der Waals surface area contributed by atoms with Gasteiger partial charge in [-0.05, 0) is 64.6 Å². The van der Waals surface area contributed by atoms with Crippen LogP contribution in [0.1, 0.15) is 26.3 Å². The van der Waals surface area contributed by atoms with Crippen LogP contribution in [0.5, 0.6) is 5.75 Å². The molecule has 3 heteroatoms. The average molecular weight is 428 g/mol. The Balaban J connectivity index is 1.96. The maximum absolute atomic E-state index is 6.52. The molecule has 0 aliphatic heterocycles. The molecule has 4 aromatic rings. The molecule has 0 aliphatic rings. The van der Waals surface area contributed by atoms with Gasteiger partial charge in [-0.1, -0.05) is 74.8 Å². The lowest BCUT2D eigenvalue weighted by molar-refractivity contribution is 0.416. The van der Waals surface area contributed by atoms with Gasteiger partial charge in [0.1, 0.15) is 5.75 Å². The monoisotopic (exact) mass is 427 g/mol. The number of nitrogens with zero attached hydrogens (tertiary/aromatic N) is 1. The minimum atomic E-state index is -0.0117. The van der Waals surface area contributed by atoms with Gasteiger partial charge in [0, 0.05) is 16.1 Å². The van der Waals surface area contributed by atoms with Crippen LogP contribution in [0.15, 0.2) is 84.9 Å². The summed E-state index contributed by atoms with van der Waals surface area (Å²) in [5, 5.41) is 0.716. The standard InChI is InChI=1S/C28H26ClNO/c1-28(2,3)22-14-21(15-23(29)18-22)25-16-20(19-10-6-5-7-11-19)17-26(30-25)24-12-8-9-13-27(24)31-4/h5-18H,1-4H3. The number of hydrogen-bond donors (Lipinski definition) is 0. The zero-order chi connectivity index (χ0) is 22.0. The number of ether oxygens (including phenoxy) is 1. The van der Waals surface area contributed by atoms with Crippen LogP contribution in [0.3, 0.4) is 0 Å². The van der Waals surface area contributed by atoms with E-state index in [9.17, 15) is 0 Å². The van der Waals surface area contributed by atoms with Crippen molar-refractivity contribution >= 4 is 11.6 Å². The SMILES string of the molecule is COc1ccccc1-c1cc(-c2ccccc2)cc(-c2cc(Cl)cc(C(C)(C)C)c2)n1. The Labute approximate surface area is 189 Å². The van der Waals surface area contributed by atoms with Crippen molar-refractivity contribution < 1.29 is 4.74 Å². The summed E-state index contributed by atoms with van der Waals surface area (Å²) in [6.45, 7) is 6.57. The first-order valence-electron chi connectivity index (χ1n) is 10.4. The Hall–Kier alpha value is -3.10. The number of para-hydroxylation sites is 1. The molecule has 0 bridgehead atoms. The van der Waals surface area contributed by atoms with Gasteiger partial charge in [0.15, 0.2) is 0 Å². The summed E-state index contributed by atoms with van der Waals surface area (Å²) < 4.78 is 5.61. The smallest absolute Gasteiger partial charge is 0.128 e. The molecule has 1 aromatic heterocycles.